The zero-order valence-corrected chi connectivity index (χ0v) is 10.9. The van der Waals surface area contributed by atoms with Gasteiger partial charge in [0.1, 0.15) is 30.2 Å². The summed E-state index contributed by atoms with van der Waals surface area (Å²) in [5.41, 5.74) is 0.490. The van der Waals surface area contributed by atoms with Crippen molar-refractivity contribution in [3.8, 4) is 0 Å². The molecule has 1 aromatic carbocycles. The van der Waals surface area contributed by atoms with Crippen molar-refractivity contribution in [3.63, 3.8) is 0 Å². The van der Waals surface area contributed by atoms with E-state index in [1.807, 2.05) is 0 Å². The second-order valence-corrected chi connectivity index (χ2v) is 5.00. The molecule has 5 atom stereocenters. The molecule has 4 N–H and O–H groups in total. The van der Waals surface area contributed by atoms with Crippen molar-refractivity contribution in [2.75, 3.05) is 6.61 Å². The number of aliphatic hydroxyl groups excluding tert-OH is 4. The van der Waals surface area contributed by atoms with Crippen LogP contribution in [0.4, 0.5) is 4.39 Å². The summed E-state index contributed by atoms with van der Waals surface area (Å²) in [4.78, 5) is 0. The Labute approximate surface area is 116 Å². The minimum absolute atomic E-state index is 0.280. The quantitative estimate of drug-likeness (QED) is 0.605. The maximum Gasteiger partial charge on any atom is 0.126 e. The summed E-state index contributed by atoms with van der Waals surface area (Å²) in [5.74, 6) is -0.336. The molecule has 0 aliphatic carbocycles. The number of ether oxygens (including phenoxy) is 1. The van der Waals surface area contributed by atoms with Gasteiger partial charge in [-0.2, -0.15) is 0 Å². The lowest BCUT2D eigenvalue weighted by Gasteiger charge is -2.40. The predicted molar refractivity (Wildman–Crippen MR) is 68.5 cm³/mol. The Morgan fingerprint density at radius 3 is 2.30 bits per heavy atom. The summed E-state index contributed by atoms with van der Waals surface area (Å²) in [6.45, 7) is -0.457. The average molecular weight is 286 g/mol. The van der Waals surface area contributed by atoms with Crippen molar-refractivity contribution in [2.45, 2.75) is 43.4 Å². The van der Waals surface area contributed by atoms with Crippen LogP contribution in [-0.4, -0.2) is 57.6 Å². The average Bonchev–Trinajstić information content (AvgIpc) is 2.46. The molecule has 1 aromatic rings. The highest BCUT2D eigenvalue weighted by Gasteiger charge is 2.42. The van der Waals surface area contributed by atoms with Crippen molar-refractivity contribution in [1.29, 1.82) is 0 Å². The fourth-order valence-corrected chi connectivity index (χ4v) is 2.42. The van der Waals surface area contributed by atoms with Gasteiger partial charge in [-0.15, -0.1) is 0 Å². The first-order chi connectivity index (χ1) is 9.54. The highest BCUT2D eigenvalue weighted by molar-refractivity contribution is 5.17. The monoisotopic (exact) mass is 286 g/mol. The summed E-state index contributed by atoms with van der Waals surface area (Å²) in [7, 11) is 0. The molecular weight excluding hydrogens is 267 g/mol. The molecule has 0 unspecified atom stereocenters. The topological polar surface area (TPSA) is 90.2 Å². The molecule has 1 fully saturated rings. The second kappa shape index (κ2) is 6.60. The van der Waals surface area contributed by atoms with Crippen molar-refractivity contribution in [3.05, 3.63) is 35.6 Å². The molecule has 0 amide bonds. The molecule has 20 heavy (non-hydrogen) atoms. The van der Waals surface area contributed by atoms with Gasteiger partial charge in [0, 0.05) is 0 Å². The fraction of sp³-hybridized carbons (Fsp3) is 0.571. The third-order valence-electron chi connectivity index (χ3n) is 3.65. The normalized spacial score (nSPS) is 34.1. The lowest BCUT2D eigenvalue weighted by molar-refractivity contribution is -0.230. The van der Waals surface area contributed by atoms with Gasteiger partial charge in [-0.3, -0.25) is 0 Å². The van der Waals surface area contributed by atoms with E-state index in [-0.39, 0.29) is 12.2 Å². The first-order valence-corrected chi connectivity index (χ1v) is 6.58. The first kappa shape index (κ1) is 15.3. The van der Waals surface area contributed by atoms with Crippen molar-refractivity contribution < 1.29 is 29.6 Å². The minimum Gasteiger partial charge on any atom is -0.394 e. The molecule has 1 aliphatic heterocycles. The van der Waals surface area contributed by atoms with E-state index in [0.29, 0.717) is 12.0 Å². The van der Waals surface area contributed by atoms with Crippen LogP contribution >= 0.6 is 0 Å². The van der Waals surface area contributed by atoms with Crippen LogP contribution in [0.5, 0.6) is 0 Å². The molecule has 112 valence electrons. The summed E-state index contributed by atoms with van der Waals surface area (Å²) in [6.07, 6.45) is -5.08. The Kier molecular flexibility index (Phi) is 5.06. The maximum absolute atomic E-state index is 13.5. The van der Waals surface area contributed by atoms with Crippen LogP contribution in [0.15, 0.2) is 24.3 Å². The summed E-state index contributed by atoms with van der Waals surface area (Å²) in [5, 5.41) is 38.2. The smallest absolute Gasteiger partial charge is 0.126 e. The van der Waals surface area contributed by atoms with Crippen LogP contribution in [0.3, 0.4) is 0 Å². The SMILES string of the molecule is OC[C@H]1O[C@@H](CCc2ccccc2F)[C@H](O)[C@@H](O)[C@@H]1O. The van der Waals surface area contributed by atoms with Gasteiger partial charge in [0.15, 0.2) is 0 Å². The molecule has 2 rings (SSSR count). The Morgan fingerprint density at radius 2 is 1.65 bits per heavy atom. The van der Waals surface area contributed by atoms with Crippen LogP contribution < -0.4 is 0 Å². The Bertz CT molecular complexity index is 439. The zero-order chi connectivity index (χ0) is 14.7. The maximum atomic E-state index is 13.5. The fourth-order valence-electron chi connectivity index (χ4n) is 2.42. The third-order valence-corrected chi connectivity index (χ3v) is 3.65. The van der Waals surface area contributed by atoms with E-state index in [1.54, 1.807) is 18.2 Å². The van der Waals surface area contributed by atoms with E-state index in [1.165, 1.54) is 6.07 Å². The highest BCUT2D eigenvalue weighted by atomic mass is 19.1. The number of hydrogen-bond acceptors (Lipinski definition) is 5. The molecule has 1 saturated heterocycles. The van der Waals surface area contributed by atoms with Gasteiger partial charge >= 0.3 is 0 Å². The van der Waals surface area contributed by atoms with E-state index in [9.17, 15) is 19.7 Å². The summed E-state index contributed by atoms with van der Waals surface area (Å²) in [6, 6.07) is 6.29. The lowest BCUT2D eigenvalue weighted by Crippen LogP contribution is -2.58. The number of benzene rings is 1. The van der Waals surface area contributed by atoms with Gasteiger partial charge in [-0.05, 0) is 24.5 Å². The number of hydrogen-bond donors (Lipinski definition) is 4. The molecule has 0 bridgehead atoms. The largest absolute Gasteiger partial charge is 0.394 e. The van der Waals surface area contributed by atoms with Gasteiger partial charge in [-0.1, -0.05) is 18.2 Å². The van der Waals surface area contributed by atoms with Gasteiger partial charge in [0.2, 0.25) is 0 Å². The Hall–Kier alpha value is -1.05. The number of aliphatic hydroxyl groups is 4. The van der Waals surface area contributed by atoms with Crippen molar-refractivity contribution in [2.24, 2.45) is 0 Å². The van der Waals surface area contributed by atoms with Crippen LogP contribution in [0, 0.1) is 5.82 Å². The molecular formula is C14H19FO5. The van der Waals surface area contributed by atoms with Crippen LogP contribution in [0.1, 0.15) is 12.0 Å². The molecule has 0 spiro atoms. The van der Waals surface area contributed by atoms with E-state index in [2.05, 4.69) is 0 Å². The second-order valence-electron chi connectivity index (χ2n) is 5.00. The van der Waals surface area contributed by atoms with E-state index in [0.717, 1.165) is 0 Å². The number of rotatable bonds is 4. The van der Waals surface area contributed by atoms with E-state index >= 15 is 0 Å². The third kappa shape index (κ3) is 3.16. The molecule has 0 radical (unpaired) electrons. The zero-order valence-electron chi connectivity index (χ0n) is 10.9. The summed E-state index contributed by atoms with van der Waals surface area (Å²) < 4.78 is 18.8. The lowest BCUT2D eigenvalue weighted by atomic mass is 9.92. The van der Waals surface area contributed by atoms with E-state index < -0.39 is 37.1 Å². The number of aryl methyl sites for hydroxylation is 1. The Balaban J connectivity index is 2.00. The predicted octanol–water partition coefficient (Wildman–Crippen LogP) is -0.399. The van der Waals surface area contributed by atoms with Gasteiger partial charge in [0.05, 0.1) is 12.7 Å². The minimum atomic E-state index is -1.38. The summed E-state index contributed by atoms with van der Waals surface area (Å²) >= 11 is 0. The Morgan fingerprint density at radius 1 is 1.00 bits per heavy atom. The molecule has 0 aromatic heterocycles. The molecule has 1 aliphatic rings. The highest BCUT2D eigenvalue weighted by Crippen LogP contribution is 2.24. The first-order valence-electron chi connectivity index (χ1n) is 6.58. The van der Waals surface area contributed by atoms with Crippen molar-refractivity contribution in [1.82, 2.24) is 0 Å². The molecule has 0 saturated carbocycles. The van der Waals surface area contributed by atoms with Gasteiger partial charge < -0.3 is 25.2 Å². The van der Waals surface area contributed by atoms with Gasteiger partial charge in [-0.25, -0.2) is 4.39 Å². The standard InChI is InChI=1S/C14H19FO5/c15-9-4-2-1-3-8(9)5-6-10-12(17)14(19)13(18)11(7-16)20-10/h1-4,10-14,16-19H,5-7H2/t10-,11+,12-,13+,14+/m0/s1. The molecule has 6 heteroatoms. The van der Waals surface area contributed by atoms with E-state index in [4.69, 9.17) is 9.84 Å². The molecule has 1 heterocycles. The molecule has 5 nitrogen and oxygen atoms in total. The van der Waals surface area contributed by atoms with Crippen LogP contribution in [0.25, 0.3) is 0 Å². The van der Waals surface area contributed by atoms with Crippen LogP contribution in [-0.2, 0) is 11.2 Å². The van der Waals surface area contributed by atoms with Crippen molar-refractivity contribution >= 4 is 0 Å². The van der Waals surface area contributed by atoms with Crippen LogP contribution in [0.2, 0.25) is 0 Å². The number of halogens is 1. The van der Waals surface area contributed by atoms with Gasteiger partial charge in [0.25, 0.3) is 0 Å².